The Morgan fingerprint density at radius 3 is 2.62 bits per heavy atom. The molecule has 4 nitrogen and oxygen atoms in total. The van der Waals surface area contributed by atoms with E-state index in [1.165, 1.54) is 24.6 Å². The van der Waals surface area contributed by atoms with E-state index in [0.29, 0.717) is 18.7 Å². The van der Waals surface area contributed by atoms with E-state index in [2.05, 4.69) is 10.0 Å². The van der Waals surface area contributed by atoms with Crippen LogP contribution in [0.2, 0.25) is 0 Å². The van der Waals surface area contributed by atoms with Gasteiger partial charge in [-0.05, 0) is 37.6 Å². The molecule has 0 aromatic heterocycles. The molecule has 0 spiro atoms. The van der Waals surface area contributed by atoms with Crippen LogP contribution in [0, 0.1) is 5.82 Å². The molecule has 1 aromatic carbocycles. The molecule has 0 radical (unpaired) electrons. The second-order valence-electron chi connectivity index (χ2n) is 5.49. The summed E-state index contributed by atoms with van der Waals surface area (Å²) in [4.78, 5) is 0.141. The van der Waals surface area contributed by atoms with Crippen LogP contribution in [0.3, 0.4) is 0 Å². The van der Waals surface area contributed by atoms with Gasteiger partial charge in [0.05, 0.1) is 4.90 Å². The molecule has 6 heteroatoms. The standard InChI is InChI=1S/C15H23FN2O2S/c1-2-17-11-12-10-14(8-9-15(12)16)21(19,20)18-13-6-4-3-5-7-13/h8-10,13,17-18H,2-7,11H2,1H3. The van der Waals surface area contributed by atoms with Crippen molar-refractivity contribution in [3.05, 3.63) is 29.6 Å². The van der Waals surface area contributed by atoms with E-state index in [1.807, 2.05) is 6.92 Å². The predicted octanol–water partition coefficient (Wildman–Crippen LogP) is 2.55. The van der Waals surface area contributed by atoms with Gasteiger partial charge < -0.3 is 5.32 Å². The van der Waals surface area contributed by atoms with Crippen molar-refractivity contribution >= 4 is 10.0 Å². The van der Waals surface area contributed by atoms with Crippen LogP contribution in [0.1, 0.15) is 44.6 Å². The third-order valence-corrected chi connectivity index (χ3v) is 5.34. The quantitative estimate of drug-likeness (QED) is 0.848. The molecule has 118 valence electrons. The summed E-state index contributed by atoms with van der Waals surface area (Å²) in [5, 5.41) is 3.01. The molecule has 1 aliphatic carbocycles. The Bertz CT molecular complexity index is 569. The summed E-state index contributed by atoms with van der Waals surface area (Å²) in [5.74, 6) is -0.382. The molecule has 2 rings (SSSR count). The Labute approximate surface area is 126 Å². The molecule has 0 amide bonds. The summed E-state index contributed by atoms with van der Waals surface area (Å²) >= 11 is 0. The van der Waals surface area contributed by atoms with Crippen LogP contribution in [0.5, 0.6) is 0 Å². The van der Waals surface area contributed by atoms with E-state index in [9.17, 15) is 12.8 Å². The van der Waals surface area contributed by atoms with Crippen molar-refractivity contribution in [1.82, 2.24) is 10.0 Å². The minimum atomic E-state index is -3.57. The van der Waals surface area contributed by atoms with Crippen molar-refractivity contribution in [3.63, 3.8) is 0 Å². The zero-order chi connectivity index (χ0) is 15.3. The van der Waals surface area contributed by atoms with Gasteiger partial charge in [-0.15, -0.1) is 0 Å². The fourth-order valence-electron chi connectivity index (χ4n) is 2.62. The maximum atomic E-state index is 13.7. The number of hydrogen-bond acceptors (Lipinski definition) is 3. The average molecular weight is 314 g/mol. The maximum absolute atomic E-state index is 13.7. The first kappa shape index (κ1) is 16.4. The SMILES string of the molecule is CCNCc1cc(S(=O)(=O)NC2CCCCC2)ccc1F. The van der Waals surface area contributed by atoms with Crippen LogP contribution in [0.25, 0.3) is 0 Å². The second kappa shape index (κ2) is 7.33. The Morgan fingerprint density at radius 1 is 1.24 bits per heavy atom. The Balaban J connectivity index is 2.14. The lowest BCUT2D eigenvalue weighted by Crippen LogP contribution is -2.36. The summed E-state index contributed by atoms with van der Waals surface area (Å²) < 4.78 is 41.2. The fourth-order valence-corrected chi connectivity index (χ4v) is 3.98. The number of hydrogen-bond donors (Lipinski definition) is 2. The minimum absolute atomic E-state index is 0.00557. The average Bonchev–Trinajstić information content (AvgIpc) is 2.47. The largest absolute Gasteiger partial charge is 0.313 e. The molecular formula is C15H23FN2O2S. The summed E-state index contributed by atoms with van der Waals surface area (Å²) in [7, 11) is -3.57. The first-order valence-electron chi connectivity index (χ1n) is 7.54. The molecule has 1 fully saturated rings. The Hall–Kier alpha value is -0.980. The molecular weight excluding hydrogens is 291 g/mol. The Kier molecular flexibility index (Phi) is 5.72. The van der Waals surface area contributed by atoms with Gasteiger partial charge in [0.2, 0.25) is 10.0 Å². The van der Waals surface area contributed by atoms with Crippen molar-refractivity contribution in [2.75, 3.05) is 6.54 Å². The van der Waals surface area contributed by atoms with E-state index in [4.69, 9.17) is 0 Å². The van der Waals surface area contributed by atoms with E-state index in [-0.39, 0.29) is 16.8 Å². The van der Waals surface area contributed by atoms with Crippen molar-refractivity contribution in [3.8, 4) is 0 Å². The summed E-state index contributed by atoms with van der Waals surface area (Å²) in [5.41, 5.74) is 0.378. The Morgan fingerprint density at radius 2 is 1.95 bits per heavy atom. The molecule has 0 saturated heterocycles. The summed E-state index contributed by atoms with van der Waals surface area (Å²) in [6.45, 7) is 2.95. The predicted molar refractivity (Wildman–Crippen MR) is 81.0 cm³/mol. The third kappa shape index (κ3) is 4.49. The van der Waals surface area contributed by atoms with E-state index in [0.717, 1.165) is 25.7 Å². The van der Waals surface area contributed by atoms with Gasteiger partial charge in [-0.3, -0.25) is 0 Å². The number of sulfonamides is 1. The van der Waals surface area contributed by atoms with Gasteiger partial charge in [-0.2, -0.15) is 0 Å². The van der Waals surface area contributed by atoms with Crippen LogP contribution in [-0.4, -0.2) is 21.0 Å². The normalized spacial score (nSPS) is 17.0. The third-order valence-electron chi connectivity index (χ3n) is 3.82. The van der Waals surface area contributed by atoms with E-state index < -0.39 is 10.0 Å². The van der Waals surface area contributed by atoms with Crippen LogP contribution >= 0.6 is 0 Å². The molecule has 0 aliphatic heterocycles. The lowest BCUT2D eigenvalue weighted by atomic mass is 9.96. The highest BCUT2D eigenvalue weighted by Crippen LogP contribution is 2.21. The minimum Gasteiger partial charge on any atom is -0.313 e. The number of nitrogens with one attached hydrogen (secondary N) is 2. The zero-order valence-electron chi connectivity index (χ0n) is 12.4. The van der Waals surface area contributed by atoms with Gasteiger partial charge in [0.15, 0.2) is 0 Å². The van der Waals surface area contributed by atoms with E-state index >= 15 is 0 Å². The van der Waals surface area contributed by atoms with Crippen molar-refractivity contribution < 1.29 is 12.8 Å². The smallest absolute Gasteiger partial charge is 0.240 e. The molecule has 0 bridgehead atoms. The van der Waals surface area contributed by atoms with Crippen molar-refractivity contribution in [2.45, 2.75) is 56.5 Å². The molecule has 1 aliphatic rings. The fraction of sp³-hybridized carbons (Fsp3) is 0.600. The van der Waals surface area contributed by atoms with Gasteiger partial charge in [-0.1, -0.05) is 26.2 Å². The van der Waals surface area contributed by atoms with Gasteiger partial charge in [0.1, 0.15) is 5.82 Å². The summed E-state index contributed by atoms with van der Waals surface area (Å²) in [6.07, 6.45) is 5.04. The highest BCUT2D eigenvalue weighted by Gasteiger charge is 2.22. The molecule has 21 heavy (non-hydrogen) atoms. The monoisotopic (exact) mass is 314 g/mol. The van der Waals surface area contributed by atoms with E-state index in [1.54, 1.807) is 0 Å². The lowest BCUT2D eigenvalue weighted by Gasteiger charge is -2.22. The molecule has 1 saturated carbocycles. The maximum Gasteiger partial charge on any atom is 0.240 e. The zero-order valence-corrected chi connectivity index (χ0v) is 13.2. The summed E-state index contributed by atoms with van der Waals surface area (Å²) in [6, 6.07) is 3.98. The van der Waals surface area contributed by atoms with Crippen LogP contribution in [0.4, 0.5) is 4.39 Å². The van der Waals surface area contributed by atoms with Gasteiger partial charge in [-0.25, -0.2) is 17.5 Å². The van der Waals surface area contributed by atoms with Crippen molar-refractivity contribution in [1.29, 1.82) is 0 Å². The van der Waals surface area contributed by atoms with Gasteiger partial charge in [0.25, 0.3) is 0 Å². The molecule has 0 heterocycles. The van der Waals surface area contributed by atoms with Crippen LogP contribution in [-0.2, 0) is 16.6 Å². The first-order chi connectivity index (χ1) is 10.0. The topological polar surface area (TPSA) is 58.2 Å². The van der Waals surface area contributed by atoms with Crippen LogP contribution < -0.4 is 10.0 Å². The number of halogens is 1. The number of benzene rings is 1. The van der Waals surface area contributed by atoms with Gasteiger partial charge >= 0.3 is 0 Å². The van der Waals surface area contributed by atoms with Gasteiger partial charge in [0, 0.05) is 18.2 Å². The first-order valence-corrected chi connectivity index (χ1v) is 9.02. The molecule has 0 atom stereocenters. The van der Waals surface area contributed by atoms with Crippen molar-refractivity contribution in [2.24, 2.45) is 0 Å². The highest BCUT2D eigenvalue weighted by atomic mass is 32.2. The van der Waals surface area contributed by atoms with Crippen LogP contribution in [0.15, 0.2) is 23.1 Å². The molecule has 0 unspecified atom stereocenters. The number of rotatable bonds is 6. The highest BCUT2D eigenvalue weighted by molar-refractivity contribution is 7.89. The lowest BCUT2D eigenvalue weighted by molar-refractivity contribution is 0.412. The molecule has 2 N–H and O–H groups in total. The molecule has 1 aromatic rings. The second-order valence-corrected chi connectivity index (χ2v) is 7.20.